The zero-order valence-corrected chi connectivity index (χ0v) is 21.5. The van der Waals surface area contributed by atoms with E-state index in [0.717, 1.165) is 22.3 Å². The molecule has 0 bridgehead atoms. The molecule has 8 nitrogen and oxygen atoms in total. The Morgan fingerprint density at radius 2 is 1.64 bits per heavy atom. The summed E-state index contributed by atoms with van der Waals surface area (Å²) in [6.07, 6.45) is -1.21. The number of hydrogen-bond acceptors (Lipinski definition) is 6. The highest BCUT2D eigenvalue weighted by Gasteiger charge is 2.34. The van der Waals surface area contributed by atoms with Gasteiger partial charge in [-0.1, -0.05) is 48.5 Å². The number of carboxylic acid groups (broad SMARTS) is 1. The number of benzene rings is 2. The molecule has 1 atom stereocenters. The van der Waals surface area contributed by atoms with E-state index in [4.69, 9.17) is 9.47 Å². The summed E-state index contributed by atoms with van der Waals surface area (Å²) in [6, 6.07) is 16.2. The Bertz CT molecular complexity index is 1080. The van der Waals surface area contributed by atoms with Crippen LogP contribution in [0.15, 0.2) is 48.5 Å². The summed E-state index contributed by atoms with van der Waals surface area (Å²) in [4.78, 5) is 37.7. The quantitative estimate of drug-likeness (QED) is 0.484. The van der Waals surface area contributed by atoms with Crippen molar-refractivity contribution >= 4 is 29.9 Å². The summed E-state index contributed by atoms with van der Waals surface area (Å²) < 4.78 is 10.9. The van der Waals surface area contributed by atoms with Crippen LogP contribution in [0.2, 0.25) is 0 Å². The van der Waals surface area contributed by atoms with Gasteiger partial charge in [0, 0.05) is 30.7 Å². The number of likely N-dealkylation sites (tertiary alicyclic amines) is 1. The average molecular weight is 513 g/mol. The van der Waals surface area contributed by atoms with Gasteiger partial charge in [-0.2, -0.15) is 0 Å². The van der Waals surface area contributed by atoms with Crippen molar-refractivity contribution in [2.75, 3.05) is 25.4 Å². The normalized spacial score (nSPS) is 15.9. The third-order valence-electron chi connectivity index (χ3n) is 6.12. The number of hydrogen-bond donors (Lipinski definition) is 2. The van der Waals surface area contributed by atoms with Gasteiger partial charge in [-0.05, 0) is 43.0 Å². The first-order valence-electron chi connectivity index (χ1n) is 12.0. The summed E-state index contributed by atoms with van der Waals surface area (Å²) >= 11 is 1.35. The molecule has 2 N–H and O–H groups in total. The van der Waals surface area contributed by atoms with Crippen molar-refractivity contribution in [1.29, 1.82) is 0 Å². The van der Waals surface area contributed by atoms with E-state index in [9.17, 15) is 19.5 Å². The molecule has 1 aliphatic heterocycles. The Kier molecular flexibility index (Phi) is 7.78. The van der Waals surface area contributed by atoms with E-state index in [1.807, 2.05) is 57.2 Å². The molecule has 1 unspecified atom stereocenters. The first-order chi connectivity index (χ1) is 17.1. The van der Waals surface area contributed by atoms with Crippen molar-refractivity contribution < 1.29 is 29.0 Å². The van der Waals surface area contributed by atoms with Gasteiger partial charge >= 0.3 is 18.2 Å². The maximum atomic E-state index is 12.6. The van der Waals surface area contributed by atoms with E-state index >= 15 is 0 Å². The van der Waals surface area contributed by atoms with Crippen LogP contribution in [0.25, 0.3) is 11.1 Å². The number of alkyl carbamates (subject to hydrolysis) is 1. The predicted octanol–water partition coefficient (Wildman–Crippen LogP) is 4.93. The number of rotatable bonds is 8. The minimum Gasteiger partial charge on any atom is -0.481 e. The summed E-state index contributed by atoms with van der Waals surface area (Å²) in [6.45, 7) is 6.73. The van der Waals surface area contributed by atoms with Gasteiger partial charge in [0.15, 0.2) is 0 Å². The molecule has 2 aromatic rings. The van der Waals surface area contributed by atoms with Crippen molar-refractivity contribution in [2.24, 2.45) is 5.92 Å². The van der Waals surface area contributed by atoms with Crippen molar-refractivity contribution in [1.82, 2.24) is 10.2 Å². The topological polar surface area (TPSA) is 105 Å². The van der Waals surface area contributed by atoms with Crippen LogP contribution in [0.5, 0.6) is 0 Å². The van der Waals surface area contributed by atoms with Crippen molar-refractivity contribution in [3.63, 3.8) is 0 Å². The Morgan fingerprint density at radius 1 is 1.06 bits per heavy atom. The number of ether oxygens (including phenoxy) is 2. The Hall–Kier alpha value is -3.20. The first kappa shape index (κ1) is 25.9. The van der Waals surface area contributed by atoms with Crippen LogP contribution >= 0.6 is 11.8 Å². The maximum absolute atomic E-state index is 12.6. The average Bonchev–Trinajstić information content (AvgIpc) is 3.08. The second-order valence-electron chi connectivity index (χ2n) is 10.1. The third-order valence-corrected chi connectivity index (χ3v) is 7.48. The molecule has 0 saturated carbocycles. The van der Waals surface area contributed by atoms with Gasteiger partial charge in [-0.3, -0.25) is 4.79 Å². The highest BCUT2D eigenvalue weighted by atomic mass is 32.2. The number of nitrogens with one attached hydrogen (secondary N) is 1. The Labute approximate surface area is 215 Å². The highest BCUT2D eigenvalue weighted by molar-refractivity contribution is 7.99. The number of carbonyl (C=O) groups is 3. The van der Waals surface area contributed by atoms with Crippen LogP contribution in [0.3, 0.4) is 0 Å². The van der Waals surface area contributed by atoms with Gasteiger partial charge in [0.1, 0.15) is 12.2 Å². The van der Waals surface area contributed by atoms with Gasteiger partial charge in [-0.15, -0.1) is 11.8 Å². The van der Waals surface area contributed by atoms with Crippen LogP contribution in [-0.2, 0) is 14.3 Å². The van der Waals surface area contributed by atoms with Crippen molar-refractivity contribution in [3.8, 4) is 11.1 Å². The minimum absolute atomic E-state index is 0.0671. The summed E-state index contributed by atoms with van der Waals surface area (Å²) in [5, 5.41) is 11.4. The molecule has 1 saturated heterocycles. The van der Waals surface area contributed by atoms with Crippen LogP contribution in [0.1, 0.15) is 44.2 Å². The lowest BCUT2D eigenvalue weighted by Gasteiger charge is -2.40. The second-order valence-corrected chi connectivity index (χ2v) is 11.4. The minimum atomic E-state index is -1.00. The van der Waals surface area contributed by atoms with Crippen molar-refractivity contribution in [2.45, 2.75) is 44.1 Å². The monoisotopic (exact) mass is 512 g/mol. The number of aliphatic carboxylic acids is 1. The molecule has 9 heteroatoms. The van der Waals surface area contributed by atoms with E-state index in [-0.39, 0.29) is 31.0 Å². The zero-order valence-electron chi connectivity index (χ0n) is 20.7. The van der Waals surface area contributed by atoms with Crippen LogP contribution in [-0.4, -0.2) is 64.6 Å². The molecule has 1 fully saturated rings. The Morgan fingerprint density at radius 3 is 2.19 bits per heavy atom. The summed E-state index contributed by atoms with van der Waals surface area (Å²) in [7, 11) is 0. The SMILES string of the molecule is CC(C)(C)OC(=O)N1CC(CSC(CC(=O)O)NC(=O)OCC2c3ccccc3-c3ccccc32)C1. The van der Waals surface area contributed by atoms with Gasteiger partial charge in [0.25, 0.3) is 0 Å². The van der Waals surface area contributed by atoms with Crippen LogP contribution in [0, 0.1) is 5.92 Å². The maximum Gasteiger partial charge on any atom is 0.410 e. The van der Waals surface area contributed by atoms with Crippen LogP contribution in [0.4, 0.5) is 9.59 Å². The van der Waals surface area contributed by atoms with Gasteiger partial charge in [-0.25, -0.2) is 9.59 Å². The number of amides is 2. The molecular weight excluding hydrogens is 480 g/mol. The van der Waals surface area contributed by atoms with Gasteiger partial charge < -0.3 is 24.8 Å². The molecule has 2 aromatic carbocycles. The number of carboxylic acids is 1. The fraction of sp³-hybridized carbons (Fsp3) is 0.444. The fourth-order valence-electron chi connectivity index (χ4n) is 4.48. The third kappa shape index (κ3) is 6.32. The molecular formula is C27H32N2O6S. The number of nitrogens with zero attached hydrogens (tertiary/aromatic N) is 1. The molecule has 192 valence electrons. The van der Waals surface area contributed by atoms with E-state index < -0.39 is 23.0 Å². The van der Waals surface area contributed by atoms with Crippen molar-refractivity contribution in [3.05, 3.63) is 59.7 Å². The summed E-state index contributed by atoms with van der Waals surface area (Å²) in [5.74, 6) is -0.248. The number of fused-ring (bicyclic) bond motifs is 3. The molecule has 0 spiro atoms. The lowest BCUT2D eigenvalue weighted by Crippen LogP contribution is -2.52. The van der Waals surface area contributed by atoms with E-state index in [2.05, 4.69) is 17.4 Å². The first-order valence-corrected chi connectivity index (χ1v) is 13.1. The summed E-state index contributed by atoms with van der Waals surface area (Å²) in [5.41, 5.74) is 3.96. The van der Waals surface area contributed by atoms with E-state index in [1.54, 1.807) is 4.90 Å². The Balaban J connectivity index is 1.27. The molecule has 0 radical (unpaired) electrons. The molecule has 36 heavy (non-hydrogen) atoms. The second kappa shape index (κ2) is 10.8. The molecule has 4 rings (SSSR count). The van der Waals surface area contributed by atoms with E-state index in [0.29, 0.717) is 18.8 Å². The number of carbonyl (C=O) groups excluding carboxylic acids is 2. The van der Waals surface area contributed by atoms with Gasteiger partial charge in [0.2, 0.25) is 0 Å². The largest absolute Gasteiger partial charge is 0.481 e. The smallest absolute Gasteiger partial charge is 0.410 e. The lowest BCUT2D eigenvalue weighted by molar-refractivity contribution is -0.137. The molecule has 2 aliphatic rings. The van der Waals surface area contributed by atoms with Crippen LogP contribution < -0.4 is 5.32 Å². The molecule has 0 aromatic heterocycles. The molecule has 2 amide bonds. The van der Waals surface area contributed by atoms with E-state index in [1.165, 1.54) is 11.8 Å². The zero-order chi connectivity index (χ0) is 25.9. The predicted molar refractivity (Wildman–Crippen MR) is 138 cm³/mol. The number of thioether (sulfide) groups is 1. The highest BCUT2D eigenvalue weighted by Crippen LogP contribution is 2.44. The molecule has 1 heterocycles. The molecule has 1 aliphatic carbocycles. The standard InChI is InChI=1S/C27H32N2O6S/c1-27(2,3)35-26(33)29-13-17(14-29)16-36-23(12-24(30)31)28-25(32)34-15-22-20-10-6-4-8-18(20)19-9-5-7-11-21(19)22/h4-11,17,22-23H,12-16H2,1-3H3,(H,28,32)(H,30,31). The fourth-order valence-corrected chi connectivity index (χ4v) is 5.64. The van der Waals surface area contributed by atoms with Gasteiger partial charge in [0.05, 0.1) is 11.8 Å². The lowest BCUT2D eigenvalue weighted by atomic mass is 9.98.